The molecule has 3 heterocycles. The summed E-state index contributed by atoms with van der Waals surface area (Å²) in [6.45, 7) is -0.0657. The van der Waals surface area contributed by atoms with Crippen LogP contribution in [-0.4, -0.2) is 39.5 Å². The number of halogens is 1. The van der Waals surface area contributed by atoms with Crippen LogP contribution in [0.2, 0.25) is 0 Å². The number of phosphoric ester groups is 1. The van der Waals surface area contributed by atoms with Gasteiger partial charge in [-0.15, -0.1) is 0 Å². The molecule has 1 N–H and O–H groups in total. The lowest BCUT2D eigenvalue weighted by Crippen LogP contribution is -2.25. The molecular formula is C22H23FN5O5P. The number of nitrogens with zero attached hydrogens (tertiary/aromatic N) is 4. The van der Waals surface area contributed by atoms with Crippen molar-refractivity contribution < 1.29 is 27.3 Å². The van der Waals surface area contributed by atoms with Gasteiger partial charge in [-0.1, -0.05) is 18.2 Å². The highest BCUT2D eigenvalue weighted by molar-refractivity contribution is 7.48. The molecule has 0 saturated heterocycles. The highest BCUT2D eigenvalue weighted by Crippen LogP contribution is 2.47. The average Bonchev–Trinajstić information content (AvgIpc) is 3.46. The van der Waals surface area contributed by atoms with Crippen LogP contribution in [0.25, 0.3) is 22.3 Å². The van der Waals surface area contributed by atoms with Crippen LogP contribution in [0.1, 0.15) is 16.1 Å². The Balaban J connectivity index is 1.51. The minimum absolute atomic E-state index is 0.0754. The van der Waals surface area contributed by atoms with Gasteiger partial charge in [0.25, 0.3) is 5.91 Å². The van der Waals surface area contributed by atoms with Crippen molar-refractivity contribution in [3.05, 3.63) is 71.9 Å². The van der Waals surface area contributed by atoms with E-state index in [1.807, 2.05) is 6.07 Å². The summed E-state index contributed by atoms with van der Waals surface area (Å²) in [6.07, 6.45) is 3.27. The first kappa shape index (κ1) is 23.8. The van der Waals surface area contributed by atoms with E-state index in [0.717, 1.165) is 5.39 Å². The molecule has 0 saturated carbocycles. The van der Waals surface area contributed by atoms with E-state index in [-0.39, 0.29) is 25.0 Å². The van der Waals surface area contributed by atoms with E-state index >= 15 is 0 Å². The molecule has 0 aliphatic carbocycles. The van der Waals surface area contributed by atoms with Crippen LogP contribution in [-0.2, 0) is 38.5 Å². The molecule has 0 bridgehead atoms. The van der Waals surface area contributed by atoms with Crippen molar-refractivity contribution >= 4 is 24.8 Å². The molecule has 0 atom stereocenters. The highest BCUT2D eigenvalue weighted by Gasteiger charge is 2.23. The van der Waals surface area contributed by atoms with Crippen molar-refractivity contribution in [3.8, 4) is 11.3 Å². The van der Waals surface area contributed by atoms with Crippen molar-refractivity contribution in [1.82, 2.24) is 24.6 Å². The molecule has 1 aromatic carbocycles. The number of hydrogen-bond donors (Lipinski definition) is 1. The molecule has 0 unspecified atom stereocenters. The third-order valence-corrected chi connectivity index (χ3v) is 6.56. The Kier molecular flexibility index (Phi) is 6.90. The standard InChI is InChI=1S/C22H23FN5O5P/c1-27-20(22(29)24-11-16-6-4-5-7-18(16)23)10-15-8-9-19(26-21(15)27)17-12-25-28(13-17)14-33-34(30,31-2)32-3/h4-10,12-13H,11,14H2,1-3H3,(H,24,29). The Morgan fingerprint density at radius 1 is 1.18 bits per heavy atom. The van der Waals surface area contributed by atoms with Crippen LogP contribution >= 0.6 is 7.82 Å². The molecule has 12 heteroatoms. The molecule has 0 radical (unpaired) electrons. The predicted octanol–water partition coefficient (Wildman–Crippen LogP) is 3.88. The van der Waals surface area contributed by atoms with Crippen molar-refractivity contribution in [2.45, 2.75) is 13.3 Å². The van der Waals surface area contributed by atoms with E-state index < -0.39 is 7.82 Å². The van der Waals surface area contributed by atoms with Gasteiger partial charge in [-0.25, -0.2) is 18.6 Å². The Hall–Kier alpha value is -3.37. The van der Waals surface area contributed by atoms with Gasteiger partial charge in [0.15, 0.2) is 6.73 Å². The van der Waals surface area contributed by atoms with Crippen molar-refractivity contribution in [1.29, 1.82) is 0 Å². The molecule has 10 nitrogen and oxygen atoms in total. The minimum atomic E-state index is -3.62. The monoisotopic (exact) mass is 487 g/mol. The summed E-state index contributed by atoms with van der Waals surface area (Å²) >= 11 is 0. The topological polar surface area (TPSA) is 110 Å². The van der Waals surface area contributed by atoms with E-state index in [1.54, 1.807) is 54.3 Å². The van der Waals surface area contributed by atoms with Gasteiger partial charge in [-0.2, -0.15) is 5.10 Å². The summed E-state index contributed by atoms with van der Waals surface area (Å²) in [6, 6.07) is 11.7. The molecule has 0 aliphatic rings. The molecule has 34 heavy (non-hydrogen) atoms. The lowest BCUT2D eigenvalue weighted by molar-refractivity contribution is 0.0942. The van der Waals surface area contributed by atoms with Gasteiger partial charge in [0.2, 0.25) is 0 Å². The maximum absolute atomic E-state index is 13.8. The van der Waals surface area contributed by atoms with Crippen molar-refractivity contribution in [2.24, 2.45) is 7.05 Å². The lowest BCUT2D eigenvalue weighted by Gasteiger charge is -2.12. The van der Waals surface area contributed by atoms with Crippen LogP contribution in [0.4, 0.5) is 4.39 Å². The smallest absolute Gasteiger partial charge is 0.347 e. The van der Waals surface area contributed by atoms with E-state index in [2.05, 4.69) is 15.4 Å². The van der Waals surface area contributed by atoms with E-state index in [0.29, 0.717) is 28.2 Å². The Bertz CT molecular complexity index is 1380. The first-order chi connectivity index (χ1) is 16.3. The number of hydrogen-bond acceptors (Lipinski definition) is 7. The number of aryl methyl sites for hydroxylation is 1. The molecular weight excluding hydrogens is 464 g/mol. The fourth-order valence-electron chi connectivity index (χ4n) is 3.36. The SMILES string of the molecule is COP(=O)(OC)OCn1cc(-c2ccc3cc(C(=O)NCc4ccccc4F)n(C)c3n2)cn1. The number of carbonyl (C=O) groups excluding carboxylic acids is 1. The number of aromatic nitrogens is 4. The molecule has 3 aromatic heterocycles. The Labute approximate surface area is 194 Å². The summed E-state index contributed by atoms with van der Waals surface area (Å²) in [5.74, 6) is -0.708. The molecule has 4 aromatic rings. The zero-order chi connectivity index (χ0) is 24.3. The minimum Gasteiger partial charge on any atom is -0.347 e. The largest absolute Gasteiger partial charge is 0.476 e. The Morgan fingerprint density at radius 2 is 1.94 bits per heavy atom. The zero-order valence-corrected chi connectivity index (χ0v) is 19.7. The van der Waals surface area contributed by atoms with Crippen LogP contribution < -0.4 is 5.32 Å². The maximum Gasteiger partial charge on any atom is 0.476 e. The zero-order valence-electron chi connectivity index (χ0n) is 18.8. The summed E-state index contributed by atoms with van der Waals surface area (Å²) in [4.78, 5) is 17.4. The van der Waals surface area contributed by atoms with Crippen LogP contribution in [0.15, 0.2) is 54.9 Å². The number of fused-ring (bicyclic) bond motifs is 1. The normalized spacial score (nSPS) is 11.8. The van der Waals surface area contributed by atoms with Crippen LogP contribution in [0.5, 0.6) is 0 Å². The quantitative estimate of drug-likeness (QED) is 0.357. The molecule has 4 rings (SSSR count). The van der Waals surface area contributed by atoms with Gasteiger partial charge < -0.3 is 9.88 Å². The second-order valence-corrected chi connectivity index (χ2v) is 9.19. The maximum atomic E-state index is 13.8. The van der Waals surface area contributed by atoms with Gasteiger partial charge in [0, 0.05) is 50.5 Å². The summed E-state index contributed by atoms with van der Waals surface area (Å²) in [5.41, 5.74) is 2.72. The fraction of sp³-hybridized carbons (Fsp3) is 0.227. The number of rotatable bonds is 9. The van der Waals surface area contributed by atoms with Gasteiger partial charge in [0.05, 0.1) is 11.9 Å². The van der Waals surface area contributed by atoms with E-state index in [1.165, 1.54) is 25.0 Å². The first-order valence-corrected chi connectivity index (χ1v) is 11.7. The number of phosphoric acid groups is 1. The number of amides is 1. The van der Waals surface area contributed by atoms with Gasteiger partial charge in [-0.05, 0) is 24.3 Å². The average molecular weight is 487 g/mol. The Morgan fingerprint density at radius 3 is 2.68 bits per heavy atom. The number of benzene rings is 1. The predicted molar refractivity (Wildman–Crippen MR) is 122 cm³/mol. The highest BCUT2D eigenvalue weighted by atomic mass is 31.2. The molecule has 178 valence electrons. The summed E-state index contributed by atoms with van der Waals surface area (Å²) in [5, 5.41) is 7.70. The van der Waals surface area contributed by atoms with E-state index in [9.17, 15) is 13.8 Å². The molecule has 0 aliphatic heterocycles. The molecule has 1 amide bonds. The van der Waals surface area contributed by atoms with Crippen LogP contribution in [0, 0.1) is 5.82 Å². The first-order valence-electron chi connectivity index (χ1n) is 10.2. The van der Waals surface area contributed by atoms with Crippen LogP contribution in [0.3, 0.4) is 0 Å². The second kappa shape index (κ2) is 9.86. The lowest BCUT2D eigenvalue weighted by atomic mass is 10.2. The third-order valence-electron chi connectivity index (χ3n) is 5.23. The third kappa shape index (κ3) is 4.92. The van der Waals surface area contributed by atoms with Crippen molar-refractivity contribution in [3.63, 3.8) is 0 Å². The van der Waals surface area contributed by atoms with Gasteiger partial charge in [-0.3, -0.25) is 18.4 Å². The summed E-state index contributed by atoms with van der Waals surface area (Å²) in [7, 11) is 0.572. The number of carbonyl (C=O) groups is 1. The van der Waals surface area contributed by atoms with Gasteiger partial charge in [0.1, 0.15) is 17.2 Å². The van der Waals surface area contributed by atoms with E-state index in [4.69, 9.17) is 13.6 Å². The molecule has 0 fully saturated rings. The summed E-state index contributed by atoms with van der Waals surface area (Å²) < 4.78 is 43.6. The number of nitrogens with one attached hydrogen (secondary N) is 1. The fourth-order valence-corrected chi connectivity index (χ4v) is 3.98. The molecule has 0 spiro atoms. The number of pyridine rings is 1. The second-order valence-electron chi connectivity index (χ2n) is 7.31. The van der Waals surface area contributed by atoms with Crippen molar-refractivity contribution in [2.75, 3.05) is 14.2 Å². The van der Waals surface area contributed by atoms with Gasteiger partial charge >= 0.3 is 7.82 Å².